The Labute approximate surface area is 157 Å². The molecule has 3 nitrogen and oxygen atoms in total. The highest BCUT2D eigenvalue weighted by Gasteiger charge is 2.54. The number of pyridine rings is 1. The van der Waals surface area contributed by atoms with Gasteiger partial charge >= 0.3 is 0 Å². The molecule has 1 aliphatic heterocycles. The zero-order valence-corrected chi connectivity index (χ0v) is 17.0. The van der Waals surface area contributed by atoms with Crippen LogP contribution in [0.5, 0.6) is 0 Å². The van der Waals surface area contributed by atoms with Gasteiger partial charge in [0.05, 0.1) is 11.6 Å². The Hall–Kier alpha value is -1.90. The highest BCUT2D eigenvalue weighted by atomic mass is 15.4. The molecule has 2 aromatic heterocycles. The van der Waals surface area contributed by atoms with Gasteiger partial charge in [-0.05, 0) is 43.2 Å². The van der Waals surface area contributed by atoms with Crippen LogP contribution in [0.2, 0.25) is 0 Å². The van der Waals surface area contributed by atoms with Gasteiger partial charge in [-0.25, -0.2) is 4.40 Å². The lowest BCUT2D eigenvalue weighted by molar-refractivity contribution is -0.521. The molecular formula is C23H32N3+. The van der Waals surface area contributed by atoms with Crippen LogP contribution in [0, 0.1) is 0 Å². The van der Waals surface area contributed by atoms with Crippen molar-refractivity contribution in [1.29, 1.82) is 0 Å². The van der Waals surface area contributed by atoms with Crippen LogP contribution < -0.4 is 4.40 Å². The van der Waals surface area contributed by atoms with E-state index >= 15 is 0 Å². The molecule has 0 bridgehead atoms. The van der Waals surface area contributed by atoms with Crippen LogP contribution >= 0.6 is 0 Å². The van der Waals surface area contributed by atoms with E-state index in [-0.39, 0.29) is 11.0 Å². The van der Waals surface area contributed by atoms with E-state index < -0.39 is 0 Å². The molecule has 26 heavy (non-hydrogen) atoms. The average molecular weight is 351 g/mol. The van der Waals surface area contributed by atoms with Gasteiger partial charge in [0.15, 0.2) is 0 Å². The minimum absolute atomic E-state index is 0.0152. The van der Waals surface area contributed by atoms with Gasteiger partial charge in [-0.1, -0.05) is 58.7 Å². The number of hydrogen-bond acceptors (Lipinski definition) is 1. The van der Waals surface area contributed by atoms with Gasteiger partial charge < -0.3 is 0 Å². The summed E-state index contributed by atoms with van der Waals surface area (Å²) in [5.41, 5.74) is 2.85. The highest BCUT2D eigenvalue weighted by molar-refractivity contribution is 5.96. The van der Waals surface area contributed by atoms with Gasteiger partial charge in [-0.2, -0.15) is 0 Å². The molecule has 0 saturated heterocycles. The van der Waals surface area contributed by atoms with E-state index in [0.29, 0.717) is 0 Å². The van der Waals surface area contributed by atoms with Crippen molar-refractivity contribution in [3.63, 3.8) is 0 Å². The highest BCUT2D eigenvalue weighted by Crippen LogP contribution is 2.51. The van der Waals surface area contributed by atoms with Crippen LogP contribution in [0.3, 0.4) is 0 Å². The maximum atomic E-state index is 5.22. The zero-order chi connectivity index (χ0) is 18.5. The molecule has 3 heterocycles. The number of benzene rings is 1. The van der Waals surface area contributed by atoms with Crippen molar-refractivity contribution in [2.75, 3.05) is 0 Å². The second kappa shape index (κ2) is 6.07. The molecule has 1 aromatic carbocycles. The zero-order valence-electron chi connectivity index (χ0n) is 17.0. The summed E-state index contributed by atoms with van der Waals surface area (Å²) in [6, 6.07) is 9.10. The molecule has 0 fully saturated rings. The molecular weight excluding hydrogens is 318 g/mol. The minimum Gasteiger partial charge on any atom is -0.201 e. The summed E-state index contributed by atoms with van der Waals surface area (Å²) in [5, 5.41) is 7.96. The molecule has 2 unspecified atom stereocenters. The molecule has 0 N–H and O–H groups in total. The largest absolute Gasteiger partial charge is 0.282 e. The SMILES string of the molecule is CCCCCc1nn2c3c4c(cccc4cc[n+]13)C(C)(CC)C2(C)CC. The Morgan fingerprint density at radius 2 is 1.85 bits per heavy atom. The van der Waals surface area contributed by atoms with Gasteiger partial charge in [0.25, 0.3) is 11.5 Å². The molecule has 2 atom stereocenters. The molecule has 3 heteroatoms. The van der Waals surface area contributed by atoms with E-state index in [1.165, 1.54) is 47.1 Å². The third kappa shape index (κ3) is 2.06. The normalized spacial score (nSPS) is 24.8. The molecule has 0 radical (unpaired) electrons. The van der Waals surface area contributed by atoms with Crippen molar-refractivity contribution in [3.05, 3.63) is 41.9 Å². The number of unbranched alkanes of at least 4 members (excludes halogenated alkanes) is 2. The van der Waals surface area contributed by atoms with Crippen LogP contribution in [0.25, 0.3) is 16.4 Å². The fourth-order valence-electron chi connectivity index (χ4n) is 5.07. The van der Waals surface area contributed by atoms with E-state index in [1.54, 1.807) is 0 Å². The average Bonchev–Trinajstić information content (AvgIpc) is 3.05. The number of rotatable bonds is 6. The number of nitrogens with zero attached hydrogens (tertiary/aromatic N) is 3. The lowest BCUT2D eigenvalue weighted by atomic mass is 9.62. The molecule has 0 amide bonds. The molecule has 0 spiro atoms. The van der Waals surface area contributed by atoms with Gasteiger partial charge in [0, 0.05) is 16.9 Å². The van der Waals surface area contributed by atoms with Gasteiger partial charge in [-0.15, -0.1) is 4.68 Å². The Kier molecular flexibility index (Phi) is 4.09. The monoisotopic (exact) mass is 350 g/mol. The topological polar surface area (TPSA) is 21.9 Å². The second-order valence-corrected chi connectivity index (χ2v) is 8.38. The van der Waals surface area contributed by atoms with E-state index in [0.717, 1.165) is 19.3 Å². The standard InChI is InChI=1S/C23H32N3/c1-6-9-10-14-19-24-26-21-20-17(15-16-25(19)21)12-11-13-18(20)22(4,7-2)23(26,5)8-3/h11-13,15-16H,6-10,14H2,1-5H3/q+1. The van der Waals surface area contributed by atoms with Crippen LogP contribution in [0.1, 0.15) is 78.1 Å². The smallest absolute Gasteiger partial charge is 0.201 e. The van der Waals surface area contributed by atoms with Crippen LogP contribution in [-0.4, -0.2) is 9.78 Å². The molecule has 1 aliphatic rings. The van der Waals surface area contributed by atoms with Crippen LogP contribution in [0.4, 0.5) is 0 Å². The fourth-order valence-corrected chi connectivity index (χ4v) is 5.07. The summed E-state index contributed by atoms with van der Waals surface area (Å²) < 4.78 is 4.75. The molecule has 4 rings (SSSR count). The van der Waals surface area contributed by atoms with E-state index in [9.17, 15) is 0 Å². The third-order valence-electron chi connectivity index (χ3n) is 7.30. The predicted octanol–water partition coefficient (Wildman–Crippen LogP) is 5.31. The van der Waals surface area contributed by atoms with Crippen LogP contribution in [0.15, 0.2) is 30.5 Å². The first-order valence-electron chi connectivity index (χ1n) is 10.4. The second-order valence-electron chi connectivity index (χ2n) is 8.38. The predicted molar refractivity (Wildman–Crippen MR) is 108 cm³/mol. The Morgan fingerprint density at radius 3 is 2.54 bits per heavy atom. The van der Waals surface area contributed by atoms with Gasteiger partial charge in [-0.3, -0.25) is 0 Å². The summed E-state index contributed by atoms with van der Waals surface area (Å²) >= 11 is 0. The Morgan fingerprint density at radius 1 is 1.04 bits per heavy atom. The number of aryl methyl sites for hydroxylation is 1. The van der Waals surface area contributed by atoms with Crippen molar-refractivity contribution in [2.45, 2.75) is 84.1 Å². The first-order valence-corrected chi connectivity index (χ1v) is 10.4. The van der Waals surface area contributed by atoms with Crippen molar-refractivity contribution in [3.8, 4) is 0 Å². The van der Waals surface area contributed by atoms with Crippen molar-refractivity contribution >= 4 is 16.4 Å². The van der Waals surface area contributed by atoms with Gasteiger partial charge in [0.1, 0.15) is 5.54 Å². The van der Waals surface area contributed by atoms with E-state index in [2.05, 4.69) is 74.2 Å². The Balaban J connectivity index is 2.08. The summed E-state index contributed by atoms with van der Waals surface area (Å²) in [7, 11) is 0. The molecule has 0 saturated carbocycles. The van der Waals surface area contributed by atoms with E-state index in [1.807, 2.05) is 0 Å². The van der Waals surface area contributed by atoms with E-state index in [4.69, 9.17) is 5.10 Å². The first-order chi connectivity index (χ1) is 12.5. The quantitative estimate of drug-likeness (QED) is 0.436. The fraction of sp³-hybridized carbons (Fsp3) is 0.565. The first kappa shape index (κ1) is 17.5. The Bertz CT molecular complexity index is 970. The summed E-state index contributed by atoms with van der Waals surface area (Å²) in [6.07, 6.45) is 9.20. The lowest BCUT2D eigenvalue weighted by Gasteiger charge is -2.45. The minimum atomic E-state index is -0.0152. The van der Waals surface area contributed by atoms with Crippen LogP contribution in [-0.2, 0) is 17.4 Å². The van der Waals surface area contributed by atoms with Crippen molar-refractivity contribution in [1.82, 2.24) is 9.78 Å². The third-order valence-corrected chi connectivity index (χ3v) is 7.30. The van der Waals surface area contributed by atoms with Crippen molar-refractivity contribution in [2.24, 2.45) is 0 Å². The molecule has 3 aromatic rings. The number of aromatic nitrogens is 3. The summed E-state index contributed by atoms with van der Waals surface area (Å²) in [6.45, 7) is 11.8. The summed E-state index contributed by atoms with van der Waals surface area (Å²) in [4.78, 5) is 0. The lowest BCUT2D eigenvalue weighted by Crippen LogP contribution is -2.52. The van der Waals surface area contributed by atoms with Gasteiger partial charge in [0.2, 0.25) is 0 Å². The summed E-state index contributed by atoms with van der Waals surface area (Å²) in [5.74, 6) is 1.21. The molecule has 138 valence electrons. The maximum absolute atomic E-state index is 5.22. The number of hydrogen-bond donors (Lipinski definition) is 0. The maximum Gasteiger partial charge on any atom is 0.282 e. The molecule has 0 aliphatic carbocycles. The van der Waals surface area contributed by atoms with Crippen molar-refractivity contribution < 1.29 is 4.40 Å².